The molecule has 182 valence electrons. The Morgan fingerprint density at radius 2 is 1.55 bits per heavy atom. The maximum absolute atomic E-state index is 11.8. The summed E-state index contributed by atoms with van der Waals surface area (Å²) in [6.45, 7) is 1.50. The van der Waals surface area contributed by atoms with Crippen molar-refractivity contribution >= 4 is 11.9 Å². The highest BCUT2D eigenvalue weighted by Gasteiger charge is 2.41. The van der Waals surface area contributed by atoms with Crippen molar-refractivity contribution in [3.63, 3.8) is 0 Å². The maximum atomic E-state index is 11.8. The smallest absolute Gasteiger partial charge is 0.378 e. The monoisotopic (exact) mass is 460 g/mol. The summed E-state index contributed by atoms with van der Waals surface area (Å²) >= 11 is 0. The Kier molecular flexibility index (Phi) is 15.0. The van der Waals surface area contributed by atoms with Gasteiger partial charge in [-0.3, -0.25) is 0 Å². The topological polar surface area (TPSA) is 113 Å². The number of cyclic esters (lactones) is 1. The third kappa shape index (κ3) is 12.1. The van der Waals surface area contributed by atoms with Crippen LogP contribution in [0.3, 0.4) is 0 Å². The van der Waals surface area contributed by atoms with Crippen molar-refractivity contribution in [1.29, 1.82) is 0 Å². The van der Waals surface area contributed by atoms with E-state index in [1.165, 1.54) is 51.0 Å². The molecule has 0 aromatic heterocycles. The molecule has 0 fully saturated rings. The standard InChI is InChI=1S/C26H36O7/c1-2-3-4-5-6-7-8-9-10-11-12-13-14-15-16-17-18-19-22(29)32-25-23(30)26(31)33-24(25)21(28)20-27/h10-19,21,24,27-28,30H,2-9,20H2,1H3/t21-,24+/m0/s1. The summed E-state index contributed by atoms with van der Waals surface area (Å²) in [6.07, 6.45) is 24.9. The summed E-state index contributed by atoms with van der Waals surface area (Å²) in [4.78, 5) is 23.2. The number of aliphatic hydroxyl groups is 3. The van der Waals surface area contributed by atoms with E-state index in [0.29, 0.717) is 0 Å². The minimum atomic E-state index is -1.52. The van der Waals surface area contributed by atoms with E-state index in [1.807, 2.05) is 24.3 Å². The van der Waals surface area contributed by atoms with E-state index < -0.39 is 42.3 Å². The zero-order valence-electron chi connectivity index (χ0n) is 19.3. The molecule has 1 aliphatic rings. The average Bonchev–Trinajstić information content (AvgIpc) is 3.09. The summed E-state index contributed by atoms with van der Waals surface area (Å²) in [5.74, 6) is -3.43. The first-order valence-corrected chi connectivity index (χ1v) is 11.5. The second-order valence-electron chi connectivity index (χ2n) is 7.56. The highest BCUT2D eigenvalue weighted by Crippen LogP contribution is 2.25. The van der Waals surface area contributed by atoms with Crippen LogP contribution in [0.5, 0.6) is 0 Å². The second-order valence-corrected chi connectivity index (χ2v) is 7.56. The van der Waals surface area contributed by atoms with E-state index in [1.54, 1.807) is 18.2 Å². The molecule has 1 aliphatic heterocycles. The molecule has 0 amide bonds. The first kappa shape index (κ1) is 28.1. The lowest BCUT2D eigenvalue weighted by molar-refractivity contribution is -0.150. The van der Waals surface area contributed by atoms with Gasteiger partial charge in [0.2, 0.25) is 11.5 Å². The fourth-order valence-electron chi connectivity index (χ4n) is 2.97. The summed E-state index contributed by atoms with van der Waals surface area (Å²) in [5, 5.41) is 28.2. The van der Waals surface area contributed by atoms with Crippen molar-refractivity contribution in [3.05, 3.63) is 72.3 Å². The molecule has 7 nitrogen and oxygen atoms in total. The molecule has 0 saturated heterocycles. The van der Waals surface area contributed by atoms with Gasteiger partial charge >= 0.3 is 11.9 Å². The van der Waals surface area contributed by atoms with Gasteiger partial charge in [0.15, 0.2) is 6.10 Å². The number of ether oxygens (including phenoxy) is 2. The van der Waals surface area contributed by atoms with E-state index in [-0.39, 0.29) is 0 Å². The molecule has 3 N–H and O–H groups in total. The van der Waals surface area contributed by atoms with E-state index in [9.17, 15) is 19.8 Å². The zero-order chi connectivity index (χ0) is 24.3. The Morgan fingerprint density at radius 1 is 0.970 bits per heavy atom. The molecule has 1 heterocycles. The molecule has 0 bridgehead atoms. The highest BCUT2D eigenvalue weighted by atomic mass is 16.6. The van der Waals surface area contributed by atoms with Gasteiger partial charge in [-0.1, -0.05) is 100 Å². The van der Waals surface area contributed by atoms with Gasteiger partial charge in [0.05, 0.1) is 6.61 Å². The fraction of sp³-hybridized carbons (Fsp3) is 0.462. The van der Waals surface area contributed by atoms with Gasteiger partial charge in [0, 0.05) is 6.08 Å². The quantitative estimate of drug-likeness (QED) is 0.134. The Hall–Kier alpha value is -2.90. The number of unbranched alkanes of at least 4 members (excludes halogenated alkanes) is 7. The third-order valence-corrected chi connectivity index (χ3v) is 4.79. The number of esters is 2. The molecule has 7 heteroatoms. The lowest BCUT2D eigenvalue weighted by Crippen LogP contribution is -2.32. The predicted octanol–water partition coefficient (Wildman–Crippen LogP) is 4.50. The van der Waals surface area contributed by atoms with Gasteiger partial charge in [-0.2, -0.15) is 0 Å². The first-order valence-electron chi connectivity index (χ1n) is 11.5. The molecule has 33 heavy (non-hydrogen) atoms. The van der Waals surface area contributed by atoms with E-state index in [0.717, 1.165) is 12.5 Å². The lowest BCUT2D eigenvalue weighted by atomic mass is 10.1. The number of aliphatic hydroxyl groups excluding tert-OH is 3. The molecule has 0 saturated carbocycles. The molecule has 0 aromatic carbocycles. The Labute approximate surface area is 196 Å². The van der Waals surface area contributed by atoms with Crippen molar-refractivity contribution < 1.29 is 34.4 Å². The van der Waals surface area contributed by atoms with Crippen LogP contribution in [0.15, 0.2) is 72.3 Å². The van der Waals surface area contributed by atoms with Crippen LogP contribution >= 0.6 is 0 Å². The minimum absolute atomic E-state index is 0.523. The van der Waals surface area contributed by atoms with Gasteiger partial charge in [0.1, 0.15) is 6.10 Å². The second kappa shape index (κ2) is 17.6. The zero-order valence-corrected chi connectivity index (χ0v) is 19.3. The molecule has 2 atom stereocenters. The van der Waals surface area contributed by atoms with Gasteiger partial charge in [-0.15, -0.1) is 0 Å². The van der Waals surface area contributed by atoms with Crippen molar-refractivity contribution in [3.8, 4) is 0 Å². The van der Waals surface area contributed by atoms with Crippen LogP contribution in [0.4, 0.5) is 0 Å². The molecule has 0 unspecified atom stereocenters. The molecule has 0 aliphatic carbocycles. The number of allylic oxidation sites excluding steroid dienone is 9. The molecule has 0 aromatic rings. The molecule has 0 spiro atoms. The van der Waals surface area contributed by atoms with Crippen LogP contribution in [0.2, 0.25) is 0 Å². The number of hydrogen-bond donors (Lipinski definition) is 3. The summed E-state index contributed by atoms with van der Waals surface area (Å²) < 4.78 is 9.54. The molecule has 1 rings (SSSR count). The van der Waals surface area contributed by atoms with Gasteiger partial charge in [0.25, 0.3) is 0 Å². The summed E-state index contributed by atoms with van der Waals surface area (Å²) in [7, 11) is 0. The van der Waals surface area contributed by atoms with Crippen LogP contribution < -0.4 is 0 Å². The van der Waals surface area contributed by atoms with E-state index >= 15 is 0 Å². The number of carbonyl (C=O) groups is 2. The van der Waals surface area contributed by atoms with E-state index in [2.05, 4.69) is 17.7 Å². The lowest BCUT2D eigenvalue weighted by Gasteiger charge is -2.16. The predicted molar refractivity (Wildman–Crippen MR) is 127 cm³/mol. The SMILES string of the molecule is CCCCCCCCCC=CC=CC=CC=CC=CC(=O)OC1=C(O)C(=O)O[C@@H]1[C@@H](O)CO. The Bertz CT molecular complexity index is 772. The van der Waals surface area contributed by atoms with E-state index in [4.69, 9.17) is 9.84 Å². The normalized spacial score (nSPS) is 18.0. The van der Waals surface area contributed by atoms with Crippen LogP contribution in [0, 0.1) is 0 Å². The number of hydrogen-bond acceptors (Lipinski definition) is 7. The van der Waals surface area contributed by atoms with Crippen LogP contribution in [-0.4, -0.2) is 46.1 Å². The summed E-state index contributed by atoms with van der Waals surface area (Å²) in [5.41, 5.74) is 0. The van der Waals surface area contributed by atoms with Crippen molar-refractivity contribution in [1.82, 2.24) is 0 Å². The highest BCUT2D eigenvalue weighted by molar-refractivity contribution is 5.91. The number of rotatable bonds is 16. The largest absolute Gasteiger partial charge is 0.499 e. The minimum Gasteiger partial charge on any atom is -0.499 e. The average molecular weight is 461 g/mol. The third-order valence-electron chi connectivity index (χ3n) is 4.79. The van der Waals surface area contributed by atoms with Crippen molar-refractivity contribution in [2.45, 2.75) is 70.5 Å². The van der Waals surface area contributed by atoms with Gasteiger partial charge < -0.3 is 24.8 Å². The van der Waals surface area contributed by atoms with Gasteiger partial charge in [-0.05, 0) is 12.8 Å². The Morgan fingerprint density at radius 3 is 2.18 bits per heavy atom. The Balaban J connectivity index is 2.26. The summed E-state index contributed by atoms with van der Waals surface area (Å²) in [6, 6.07) is 0. The fourth-order valence-corrected chi connectivity index (χ4v) is 2.97. The molecular weight excluding hydrogens is 424 g/mol. The van der Waals surface area contributed by atoms with Crippen molar-refractivity contribution in [2.75, 3.05) is 6.61 Å². The number of carbonyl (C=O) groups excluding carboxylic acids is 2. The van der Waals surface area contributed by atoms with Crippen molar-refractivity contribution in [2.24, 2.45) is 0 Å². The molecular formula is C26H36O7. The maximum Gasteiger partial charge on any atom is 0.378 e. The first-order chi connectivity index (χ1) is 16.0. The van der Waals surface area contributed by atoms with Crippen LogP contribution in [-0.2, 0) is 19.1 Å². The van der Waals surface area contributed by atoms with Crippen LogP contribution in [0.1, 0.15) is 58.3 Å². The molecule has 0 radical (unpaired) electrons. The van der Waals surface area contributed by atoms with Crippen LogP contribution in [0.25, 0.3) is 0 Å². The van der Waals surface area contributed by atoms with Gasteiger partial charge in [-0.25, -0.2) is 9.59 Å².